The molecule has 0 spiro atoms. The average molecular weight is 228 g/mol. The van der Waals surface area contributed by atoms with Crippen molar-refractivity contribution in [2.24, 2.45) is 0 Å². The predicted octanol–water partition coefficient (Wildman–Crippen LogP) is 2.19. The first-order valence-corrected chi connectivity index (χ1v) is 4.79. The summed E-state index contributed by atoms with van der Waals surface area (Å²) in [6, 6.07) is 6.01. The number of halogens is 1. The van der Waals surface area contributed by atoms with Crippen molar-refractivity contribution in [2.75, 3.05) is 6.54 Å². The van der Waals surface area contributed by atoms with E-state index in [9.17, 15) is 5.11 Å². The Balaban J connectivity index is 2.36. The fourth-order valence-electron chi connectivity index (χ4n) is 1.36. The molecule has 0 radical (unpaired) electrons. The zero-order valence-electron chi connectivity index (χ0n) is 6.55. The molecule has 2 nitrogen and oxygen atoms in total. The van der Waals surface area contributed by atoms with Crippen molar-refractivity contribution in [3.63, 3.8) is 0 Å². The minimum absolute atomic E-state index is 0.321. The smallest absolute Gasteiger partial charge is 0.130 e. The molecule has 1 fully saturated rings. The highest BCUT2D eigenvalue weighted by molar-refractivity contribution is 9.10. The highest BCUT2D eigenvalue weighted by atomic mass is 79.9. The summed E-state index contributed by atoms with van der Waals surface area (Å²) in [6.45, 7) is 1.08. The fraction of sp³-hybridized carbons (Fsp3) is 0.333. The third-order valence-electron chi connectivity index (χ3n) is 2.21. The molecule has 1 aliphatic heterocycles. The maximum absolute atomic E-state index is 9.39. The second-order valence-electron chi connectivity index (χ2n) is 2.98. The topological polar surface area (TPSA) is 32.3 Å². The Kier molecular flexibility index (Phi) is 2.07. The number of nitrogens with one attached hydrogen (secondary N) is 1. The Morgan fingerprint density at radius 1 is 1.50 bits per heavy atom. The molecule has 1 heterocycles. The summed E-state index contributed by atoms with van der Waals surface area (Å²) in [5.41, 5.74) is 1.15. The maximum Gasteiger partial charge on any atom is 0.130 e. The summed E-state index contributed by atoms with van der Waals surface area (Å²) in [4.78, 5) is 0. The van der Waals surface area contributed by atoms with Gasteiger partial charge in [0.1, 0.15) is 5.75 Å². The van der Waals surface area contributed by atoms with Crippen molar-refractivity contribution in [3.8, 4) is 5.75 Å². The van der Waals surface area contributed by atoms with Crippen LogP contribution in [0.3, 0.4) is 0 Å². The second-order valence-corrected chi connectivity index (χ2v) is 3.77. The van der Waals surface area contributed by atoms with Crippen LogP contribution in [0.4, 0.5) is 0 Å². The lowest BCUT2D eigenvalue weighted by atomic mass is 9.98. The summed E-state index contributed by atoms with van der Waals surface area (Å²) < 4.78 is 0.821. The van der Waals surface area contributed by atoms with Crippen molar-refractivity contribution >= 4 is 15.9 Å². The maximum atomic E-state index is 9.39. The third kappa shape index (κ3) is 1.23. The van der Waals surface area contributed by atoms with Crippen LogP contribution in [0, 0.1) is 0 Å². The summed E-state index contributed by atoms with van der Waals surface area (Å²) >= 11 is 3.37. The predicted molar refractivity (Wildman–Crippen MR) is 51.2 cm³/mol. The Morgan fingerprint density at radius 2 is 2.25 bits per heavy atom. The molecule has 2 rings (SSSR count). The van der Waals surface area contributed by atoms with Gasteiger partial charge in [-0.25, -0.2) is 0 Å². The first-order valence-electron chi connectivity index (χ1n) is 4.00. The van der Waals surface area contributed by atoms with Gasteiger partial charge in [-0.05, 0) is 40.5 Å². The van der Waals surface area contributed by atoms with Gasteiger partial charge in [0.2, 0.25) is 0 Å². The largest absolute Gasteiger partial charge is 0.507 e. The molecule has 3 heteroatoms. The highest BCUT2D eigenvalue weighted by Gasteiger charge is 2.21. The standard InChI is InChI=1S/C9H10BrNO/c10-9-6(7-4-5-11-7)2-1-3-8(9)12/h1-3,7,11-12H,4-5H2/t7-/m1/s1. The van der Waals surface area contributed by atoms with Crippen LogP contribution in [0.5, 0.6) is 5.75 Å². The molecule has 0 bridgehead atoms. The van der Waals surface area contributed by atoms with Crippen LogP contribution in [0.2, 0.25) is 0 Å². The molecule has 1 saturated heterocycles. The number of benzene rings is 1. The molecule has 12 heavy (non-hydrogen) atoms. The average Bonchev–Trinajstić information content (AvgIpc) is 1.95. The van der Waals surface area contributed by atoms with Crippen molar-refractivity contribution in [3.05, 3.63) is 28.2 Å². The van der Waals surface area contributed by atoms with Gasteiger partial charge >= 0.3 is 0 Å². The lowest BCUT2D eigenvalue weighted by molar-refractivity contribution is 0.379. The van der Waals surface area contributed by atoms with Crippen LogP contribution in [0.1, 0.15) is 18.0 Å². The monoisotopic (exact) mass is 227 g/mol. The minimum atomic E-state index is 0.321. The lowest BCUT2D eigenvalue weighted by Crippen LogP contribution is -2.35. The van der Waals surface area contributed by atoms with Gasteiger partial charge in [-0.15, -0.1) is 0 Å². The zero-order valence-corrected chi connectivity index (χ0v) is 8.13. The summed E-state index contributed by atoms with van der Waals surface area (Å²) in [5, 5.41) is 12.7. The molecule has 64 valence electrons. The van der Waals surface area contributed by atoms with Crippen LogP contribution >= 0.6 is 15.9 Å². The zero-order chi connectivity index (χ0) is 8.55. The molecule has 2 N–H and O–H groups in total. The van der Waals surface area contributed by atoms with Gasteiger partial charge in [-0.1, -0.05) is 12.1 Å². The van der Waals surface area contributed by atoms with E-state index in [-0.39, 0.29) is 0 Å². The SMILES string of the molecule is Oc1cccc([C@H]2CCN2)c1Br. The molecule has 1 aromatic carbocycles. The van der Waals surface area contributed by atoms with E-state index in [1.165, 1.54) is 0 Å². The number of aromatic hydroxyl groups is 1. The molecule has 1 aromatic rings. The van der Waals surface area contributed by atoms with E-state index in [0.717, 1.165) is 23.0 Å². The van der Waals surface area contributed by atoms with Crippen molar-refractivity contribution in [1.29, 1.82) is 0 Å². The fourth-order valence-corrected chi connectivity index (χ4v) is 1.90. The quantitative estimate of drug-likeness (QED) is 0.772. The van der Waals surface area contributed by atoms with Gasteiger partial charge in [-0.2, -0.15) is 0 Å². The molecule has 0 aliphatic carbocycles. The van der Waals surface area contributed by atoms with Gasteiger partial charge < -0.3 is 10.4 Å². The van der Waals surface area contributed by atoms with Gasteiger partial charge in [0.15, 0.2) is 0 Å². The summed E-state index contributed by atoms with van der Waals surface area (Å²) in [5.74, 6) is 0.321. The Bertz CT molecular complexity index is 297. The van der Waals surface area contributed by atoms with Gasteiger partial charge in [0.25, 0.3) is 0 Å². The first kappa shape index (κ1) is 8.08. The Hall–Kier alpha value is -0.540. The van der Waals surface area contributed by atoms with E-state index in [1.807, 2.05) is 12.1 Å². The molecule has 0 aromatic heterocycles. The van der Waals surface area contributed by atoms with E-state index in [1.54, 1.807) is 6.07 Å². The lowest BCUT2D eigenvalue weighted by Gasteiger charge is -2.28. The normalized spacial score (nSPS) is 21.9. The molecule has 0 amide bonds. The van der Waals surface area contributed by atoms with E-state index in [2.05, 4.69) is 21.2 Å². The molecular weight excluding hydrogens is 218 g/mol. The first-order chi connectivity index (χ1) is 5.79. The third-order valence-corrected chi connectivity index (χ3v) is 3.07. The van der Waals surface area contributed by atoms with Crippen molar-refractivity contribution in [2.45, 2.75) is 12.5 Å². The van der Waals surface area contributed by atoms with Crippen LogP contribution in [0.25, 0.3) is 0 Å². The molecule has 1 atom stereocenters. The minimum Gasteiger partial charge on any atom is -0.507 e. The van der Waals surface area contributed by atoms with E-state index in [0.29, 0.717) is 11.8 Å². The van der Waals surface area contributed by atoms with Crippen LogP contribution < -0.4 is 5.32 Å². The van der Waals surface area contributed by atoms with Crippen LogP contribution in [-0.4, -0.2) is 11.7 Å². The number of rotatable bonds is 1. The molecular formula is C9H10BrNO. The van der Waals surface area contributed by atoms with Gasteiger partial charge in [0, 0.05) is 6.04 Å². The number of phenolic OH excluding ortho intramolecular Hbond substituents is 1. The Morgan fingerprint density at radius 3 is 2.83 bits per heavy atom. The number of phenols is 1. The summed E-state index contributed by atoms with van der Waals surface area (Å²) in [6.07, 6.45) is 1.15. The van der Waals surface area contributed by atoms with Gasteiger partial charge in [-0.3, -0.25) is 0 Å². The highest BCUT2D eigenvalue weighted by Crippen LogP contribution is 2.34. The van der Waals surface area contributed by atoms with Crippen LogP contribution in [-0.2, 0) is 0 Å². The molecule has 1 aliphatic rings. The van der Waals surface area contributed by atoms with E-state index >= 15 is 0 Å². The van der Waals surface area contributed by atoms with Gasteiger partial charge in [0.05, 0.1) is 4.47 Å². The van der Waals surface area contributed by atoms with Crippen molar-refractivity contribution < 1.29 is 5.11 Å². The number of hydrogen-bond donors (Lipinski definition) is 2. The van der Waals surface area contributed by atoms with E-state index < -0.39 is 0 Å². The van der Waals surface area contributed by atoms with Crippen molar-refractivity contribution in [1.82, 2.24) is 5.32 Å². The summed E-state index contributed by atoms with van der Waals surface area (Å²) in [7, 11) is 0. The molecule has 0 saturated carbocycles. The molecule has 0 unspecified atom stereocenters. The second kappa shape index (κ2) is 3.07. The number of hydrogen-bond acceptors (Lipinski definition) is 2. The van der Waals surface area contributed by atoms with Crippen LogP contribution in [0.15, 0.2) is 22.7 Å². The Labute approximate surface area is 79.7 Å². The van der Waals surface area contributed by atoms with E-state index in [4.69, 9.17) is 0 Å².